The number of aryl methyl sites for hydroxylation is 2. The summed E-state index contributed by atoms with van der Waals surface area (Å²) in [5, 5.41) is 3.01. The second-order valence-electron chi connectivity index (χ2n) is 5.13. The van der Waals surface area contributed by atoms with E-state index in [9.17, 15) is 0 Å². The summed E-state index contributed by atoms with van der Waals surface area (Å²) in [4.78, 5) is 11.0. The van der Waals surface area contributed by atoms with E-state index in [0.717, 1.165) is 27.7 Å². The van der Waals surface area contributed by atoms with Gasteiger partial charge in [-0.2, -0.15) is 0 Å². The van der Waals surface area contributed by atoms with E-state index >= 15 is 0 Å². The molecule has 0 aliphatic rings. The third-order valence-corrected chi connectivity index (χ3v) is 4.16. The zero-order valence-corrected chi connectivity index (χ0v) is 13.4. The Bertz CT molecular complexity index is 756. The molecule has 2 aromatic heterocycles. The van der Waals surface area contributed by atoms with Crippen LogP contribution < -0.4 is 4.90 Å². The van der Waals surface area contributed by atoms with E-state index in [4.69, 9.17) is 4.42 Å². The van der Waals surface area contributed by atoms with Crippen molar-refractivity contribution in [1.29, 1.82) is 0 Å². The Balaban J connectivity index is 1.93. The van der Waals surface area contributed by atoms with E-state index in [1.807, 2.05) is 33.3 Å². The first-order valence-corrected chi connectivity index (χ1v) is 7.60. The smallest absolute Gasteiger partial charge is 0.192 e. The van der Waals surface area contributed by atoms with Crippen LogP contribution in [-0.4, -0.2) is 24.1 Å². The SMILES string of the molecule is Cc1nc(C)c(-c2csc(-c3ccc(N(C)C)cc3)n2)o1. The Hall–Kier alpha value is -2.14. The van der Waals surface area contributed by atoms with Gasteiger partial charge in [0.2, 0.25) is 0 Å². The Kier molecular flexibility index (Phi) is 3.51. The van der Waals surface area contributed by atoms with Crippen molar-refractivity contribution in [2.75, 3.05) is 19.0 Å². The fourth-order valence-electron chi connectivity index (χ4n) is 2.18. The van der Waals surface area contributed by atoms with Crippen LogP contribution in [0.2, 0.25) is 0 Å². The molecule has 0 N–H and O–H groups in total. The molecule has 4 nitrogen and oxygen atoms in total. The highest BCUT2D eigenvalue weighted by molar-refractivity contribution is 7.13. The minimum Gasteiger partial charge on any atom is -0.439 e. The molecule has 3 aromatic rings. The summed E-state index contributed by atoms with van der Waals surface area (Å²) >= 11 is 1.62. The maximum Gasteiger partial charge on any atom is 0.192 e. The maximum absolute atomic E-state index is 5.63. The first-order valence-electron chi connectivity index (χ1n) is 6.72. The molecule has 21 heavy (non-hydrogen) atoms. The largest absolute Gasteiger partial charge is 0.439 e. The second-order valence-corrected chi connectivity index (χ2v) is 5.98. The van der Waals surface area contributed by atoms with Crippen LogP contribution in [0, 0.1) is 13.8 Å². The zero-order chi connectivity index (χ0) is 15.0. The van der Waals surface area contributed by atoms with Gasteiger partial charge in [0, 0.05) is 37.6 Å². The predicted molar refractivity (Wildman–Crippen MR) is 86.8 cm³/mol. The molecule has 0 atom stereocenters. The van der Waals surface area contributed by atoms with E-state index < -0.39 is 0 Å². The van der Waals surface area contributed by atoms with Gasteiger partial charge in [-0.05, 0) is 31.2 Å². The van der Waals surface area contributed by atoms with Gasteiger partial charge in [0.15, 0.2) is 11.7 Å². The van der Waals surface area contributed by atoms with Crippen molar-refractivity contribution in [3.05, 3.63) is 41.2 Å². The molecule has 0 aliphatic carbocycles. The van der Waals surface area contributed by atoms with Crippen LogP contribution in [0.4, 0.5) is 5.69 Å². The van der Waals surface area contributed by atoms with E-state index in [2.05, 4.69) is 39.1 Å². The third-order valence-electron chi connectivity index (χ3n) is 3.27. The van der Waals surface area contributed by atoms with Crippen LogP contribution in [0.3, 0.4) is 0 Å². The highest BCUT2D eigenvalue weighted by Gasteiger charge is 2.14. The Morgan fingerprint density at radius 2 is 1.76 bits per heavy atom. The maximum atomic E-state index is 5.63. The average Bonchev–Trinajstić information content (AvgIpc) is 3.05. The monoisotopic (exact) mass is 299 g/mol. The van der Waals surface area contributed by atoms with Gasteiger partial charge in [0.05, 0.1) is 5.69 Å². The number of thiazole rings is 1. The highest BCUT2D eigenvalue weighted by Crippen LogP contribution is 2.31. The summed E-state index contributed by atoms with van der Waals surface area (Å²) in [5.41, 5.74) is 4.03. The topological polar surface area (TPSA) is 42.2 Å². The lowest BCUT2D eigenvalue weighted by Crippen LogP contribution is -2.07. The van der Waals surface area contributed by atoms with Gasteiger partial charge in [-0.25, -0.2) is 9.97 Å². The summed E-state index contributed by atoms with van der Waals surface area (Å²) in [5.74, 6) is 1.44. The molecule has 0 fully saturated rings. The Morgan fingerprint density at radius 3 is 2.33 bits per heavy atom. The van der Waals surface area contributed by atoms with E-state index in [1.165, 1.54) is 5.69 Å². The van der Waals surface area contributed by atoms with Crippen LogP contribution >= 0.6 is 11.3 Å². The van der Waals surface area contributed by atoms with Gasteiger partial charge < -0.3 is 9.32 Å². The van der Waals surface area contributed by atoms with Gasteiger partial charge in [0.1, 0.15) is 10.7 Å². The predicted octanol–water partition coefficient (Wildman–Crippen LogP) is 4.15. The number of hydrogen-bond acceptors (Lipinski definition) is 5. The normalized spacial score (nSPS) is 10.9. The number of rotatable bonds is 3. The minimum atomic E-state index is 0.674. The molecule has 0 unspecified atom stereocenters. The molecule has 0 saturated heterocycles. The number of benzene rings is 1. The summed E-state index contributed by atoms with van der Waals surface area (Å²) in [6, 6.07) is 8.38. The molecule has 5 heteroatoms. The Labute approximate surface area is 128 Å². The van der Waals surface area contributed by atoms with Crippen LogP contribution in [0.25, 0.3) is 22.0 Å². The summed E-state index contributed by atoms with van der Waals surface area (Å²) in [7, 11) is 4.07. The van der Waals surface area contributed by atoms with Gasteiger partial charge in [0.25, 0.3) is 0 Å². The quantitative estimate of drug-likeness (QED) is 0.728. The van der Waals surface area contributed by atoms with E-state index in [-0.39, 0.29) is 0 Å². The number of anilines is 1. The third kappa shape index (κ3) is 2.69. The standard InChI is InChI=1S/C16H17N3OS/c1-10-15(20-11(2)17-10)14-9-21-16(18-14)12-5-7-13(8-6-12)19(3)4/h5-9H,1-4H3. The number of nitrogens with zero attached hydrogens (tertiary/aromatic N) is 3. The molecule has 0 aliphatic heterocycles. The molecule has 0 saturated carbocycles. The fourth-order valence-corrected chi connectivity index (χ4v) is 2.99. The van der Waals surface area contributed by atoms with Crippen molar-refractivity contribution in [2.45, 2.75) is 13.8 Å². The molecular weight excluding hydrogens is 282 g/mol. The van der Waals surface area contributed by atoms with Crippen molar-refractivity contribution in [3.8, 4) is 22.0 Å². The molecule has 3 rings (SSSR count). The van der Waals surface area contributed by atoms with Gasteiger partial charge in [-0.1, -0.05) is 0 Å². The molecule has 2 heterocycles. The summed E-state index contributed by atoms with van der Waals surface area (Å²) in [6.07, 6.45) is 0. The first-order chi connectivity index (χ1) is 10.0. The lowest BCUT2D eigenvalue weighted by Gasteiger charge is -2.11. The number of aromatic nitrogens is 2. The molecular formula is C16H17N3OS. The van der Waals surface area contributed by atoms with E-state index in [0.29, 0.717) is 5.89 Å². The van der Waals surface area contributed by atoms with Crippen molar-refractivity contribution >= 4 is 17.0 Å². The van der Waals surface area contributed by atoms with Crippen LogP contribution in [0.15, 0.2) is 34.1 Å². The Morgan fingerprint density at radius 1 is 1.05 bits per heavy atom. The van der Waals surface area contributed by atoms with Crippen LogP contribution in [0.1, 0.15) is 11.6 Å². The lowest BCUT2D eigenvalue weighted by molar-refractivity contribution is 0.532. The molecule has 0 bridgehead atoms. The number of hydrogen-bond donors (Lipinski definition) is 0. The van der Waals surface area contributed by atoms with Crippen molar-refractivity contribution in [1.82, 2.24) is 9.97 Å². The van der Waals surface area contributed by atoms with Gasteiger partial charge in [-0.3, -0.25) is 0 Å². The molecule has 0 spiro atoms. The van der Waals surface area contributed by atoms with Crippen molar-refractivity contribution in [2.24, 2.45) is 0 Å². The van der Waals surface area contributed by atoms with Crippen LogP contribution in [-0.2, 0) is 0 Å². The van der Waals surface area contributed by atoms with Crippen molar-refractivity contribution in [3.63, 3.8) is 0 Å². The fraction of sp³-hybridized carbons (Fsp3) is 0.250. The minimum absolute atomic E-state index is 0.674. The molecule has 108 valence electrons. The highest BCUT2D eigenvalue weighted by atomic mass is 32.1. The van der Waals surface area contributed by atoms with Crippen molar-refractivity contribution < 1.29 is 4.42 Å². The zero-order valence-electron chi connectivity index (χ0n) is 12.5. The molecule has 0 amide bonds. The molecule has 0 radical (unpaired) electrons. The first kappa shape index (κ1) is 13.8. The van der Waals surface area contributed by atoms with Crippen LogP contribution in [0.5, 0.6) is 0 Å². The average molecular weight is 299 g/mol. The second kappa shape index (κ2) is 5.33. The lowest BCUT2D eigenvalue weighted by atomic mass is 10.2. The number of oxazole rings is 1. The van der Waals surface area contributed by atoms with E-state index in [1.54, 1.807) is 11.3 Å². The summed E-state index contributed by atoms with van der Waals surface area (Å²) in [6.45, 7) is 3.79. The van der Waals surface area contributed by atoms with Gasteiger partial charge >= 0.3 is 0 Å². The molecule has 1 aromatic carbocycles. The van der Waals surface area contributed by atoms with Gasteiger partial charge in [-0.15, -0.1) is 11.3 Å². The summed E-state index contributed by atoms with van der Waals surface area (Å²) < 4.78 is 5.63.